The van der Waals surface area contributed by atoms with Crippen LogP contribution in [0.15, 0.2) is 36.7 Å². The van der Waals surface area contributed by atoms with Gasteiger partial charge in [0, 0.05) is 37.7 Å². The molecule has 0 amide bonds. The van der Waals surface area contributed by atoms with E-state index in [1.165, 1.54) is 0 Å². The minimum Gasteiger partial charge on any atom is -0.396 e. The van der Waals surface area contributed by atoms with E-state index < -0.39 is 30.4 Å². The van der Waals surface area contributed by atoms with Gasteiger partial charge in [0.25, 0.3) is 0 Å². The van der Waals surface area contributed by atoms with Gasteiger partial charge in [-0.25, -0.2) is 9.36 Å². The lowest BCUT2D eigenvalue weighted by molar-refractivity contribution is -0.127. The van der Waals surface area contributed by atoms with E-state index in [-0.39, 0.29) is 6.61 Å². The monoisotopic (exact) mass is 500 g/mol. The van der Waals surface area contributed by atoms with E-state index in [2.05, 4.69) is 26.7 Å². The van der Waals surface area contributed by atoms with Gasteiger partial charge in [0.2, 0.25) is 0 Å². The lowest BCUT2D eigenvalue weighted by Gasteiger charge is -2.39. The van der Waals surface area contributed by atoms with E-state index in [0.29, 0.717) is 51.8 Å². The van der Waals surface area contributed by atoms with Gasteiger partial charge in [-0.15, -0.1) is 10.2 Å². The van der Waals surface area contributed by atoms with Crippen LogP contribution < -0.4 is 11.5 Å². The Morgan fingerprint density at radius 3 is 2.11 bits per heavy atom. The Balaban J connectivity index is 1.23. The normalized spacial score (nSPS) is 24.3. The summed E-state index contributed by atoms with van der Waals surface area (Å²) < 4.78 is 9.37. The lowest BCUT2D eigenvalue weighted by Crippen LogP contribution is -2.62. The number of nitrogens with two attached hydrogens (primary N) is 2. The van der Waals surface area contributed by atoms with Gasteiger partial charge < -0.3 is 31.5 Å². The molecule has 0 unspecified atom stereocenters. The van der Waals surface area contributed by atoms with Crippen molar-refractivity contribution in [3.05, 3.63) is 59.2 Å². The Kier molecular flexibility index (Phi) is 9.13. The van der Waals surface area contributed by atoms with Crippen LogP contribution in [-0.2, 0) is 30.7 Å². The molecule has 1 aliphatic rings. The number of nitrogens with zero attached hydrogens (tertiary/aromatic N) is 6. The number of hydrogen-bond acceptors (Lipinski definition) is 10. The van der Waals surface area contributed by atoms with Crippen molar-refractivity contribution in [2.24, 2.45) is 11.5 Å². The first-order chi connectivity index (χ1) is 17.4. The van der Waals surface area contributed by atoms with Crippen molar-refractivity contribution in [3.8, 4) is 0 Å². The summed E-state index contributed by atoms with van der Waals surface area (Å²) in [5.74, 6) is 0. The minimum atomic E-state index is -1.08. The fourth-order valence-electron chi connectivity index (χ4n) is 4.50. The third kappa shape index (κ3) is 6.93. The molecule has 5 atom stereocenters. The summed E-state index contributed by atoms with van der Waals surface area (Å²) in [5.41, 5.74) is 15.8. The van der Waals surface area contributed by atoms with Gasteiger partial charge in [0.15, 0.2) is 0 Å². The van der Waals surface area contributed by atoms with E-state index in [1.54, 1.807) is 9.36 Å². The van der Waals surface area contributed by atoms with Crippen molar-refractivity contribution >= 4 is 0 Å². The Bertz CT molecular complexity index is 1090. The molecule has 3 aromatic rings. The number of aliphatic hydroxyl groups excluding tert-OH is 3. The van der Waals surface area contributed by atoms with Gasteiger partial charge >= 0.3 is 0 Å². The fourth-order valence-corrected chi connectivity index (χ4v) is 4.50. The number of benzene rings is 1. The zero-order chi connectivity index (χ0) is 25.5. The number of hydrogen-bond donors (Lipinski definition) is 5. The van der Waals surface area contributed by atoms with Crippen LogP contribution in [0.4, 0.5) is 0 Å². The van der Waals surface area contributed by atoms with E-state index >= 15 is 0 Å². The molecule has 0 saturated heterocycles. The van der Waals surface area contributed by atoms with Crippen molar-refractivity contribution < 1.29 is 20.1 Å². The van der Waals surface area contributed by atoms with E-state index in [0.717, 1.165) is 22.5 Å². The first-order valence-electron chi connectivity index (χ1n) is 12.4. The fraction of sp³-hybridized carbons (Fsp3) is 0.583. The van der Waals surface area contributed by atoms with Crippen LogP contribution in [0.1, 0.15) is 41.8 Å². The molecular formula is C24H36N8O4. The molecular weight excluding hydrogens is 464 g/mol. The second kappa shape index (κ2) is 12.5. The third-order valence-electron chi connectivity index (χ3n) is 6.42. The maximum atomic E-state index is 10.2. The quantitative estimate of drug-likeness (QED) is 0.193. The van der Waals surface area contributed by atoms with Gasteiger partial charge in [-0.05, 0) is 43.2 Å². The maximum Gasteiger partial charge on any atom is 0.109 e. The molecule has 4 rings (SSSR count). The Morgan fingerprint density at radius 2 is 1.50 bits per heavy atom. The maximum absolute atomic E-state index is 10.2. The molecule has 196 valence electrons. The second-order valence-corrected chi connectivity index (χ2v) is 9.45. The molecule has 0 spiro atoms. The summed E-state index contributed by atoms with van der Waals surface area (Å²) in [5, 5.41) is 45.9. The van der Waals surface area contributed by atoms with Crippen LogP contribution in [0.5, 0.6) is 0 Å². The van der Waals surface area contributed by atoms with Gasteiger partial charge in [0.1, 0.15) is 12.2 Å². The average molecular weight is 501 g/mol. The van der Waals surface area contributed by atoms with E-state index in [1.807, 2.05) is 30.6 Å². The molecule has 1 aromatic carbocycles. The highest BCUT2D eigenvalue weighted by Gasteiger charge is 2.41. The van der Waals surface area contributed by atoms with Crippen LogP contribution in [0.25, 0.3) is 0 Å². The van der Waals surface area contributed by atoms with Crippen molar-refractivity contribution in [2.45, 2.75) is 75.6 Å². The molecule has 1 aliphatic carbocycles. The Labute approximate surface area is 209 Å². The molecule has 12 nitrogen and oxygen atoms in total. The molecule has 0 radical (unpaired) electrons. The molecule has 1 saturated carbocycles. The number of aliphatic hydroxyl groups is 3. The summed E-state index contributed by atoms with van der Waals surface area (Å²) in [6, 6.07) is 7.27. The third-order valence-corrected chi connectivity index (χ3v) is 6.42. The number of aryl methyl sites for hydroxylation is 2. The molecule has 0 aliphatic heterocycles. The number of aromatic nitrogens is 6. The van der Waals surface area contributed by atoms with E-state index in [9.17, 15) is 10.2 Å². The van der Waals surface area contributed by atoms with Crippen LogP contribution in [0.2, 0.25) is 0 Å². The number of ether oxygens (including phenoxy) is 1. The summed E-state index contributed by atoms with van der Waals surface area (Å²) in [4.78, 5) is 0. The predicted molar refractivity (Wildman–Crippen MR) is 131 cm³/mol. The summed E-state index contributed by atoms with van der Waals surface area (Å²) in [7, 11) is 0. The first-order valence-corrected chi connectivity index (χ1v) is 12.4. The summed E-state index contributed by atoms with van der Waals surface area (Å²) in [6.07, 6.45) is 4.24. The van der Waals surface area contributed by atoms with Crippen LogP contribution >= 0.6 is 0 Å². The average Bonchev–Trinajstić information content (AvgIpc) is 3.50. The van der Waals surface area contributed by atoms with Crippen LogP contribution in [-0.4, -0.2) is 88.9 Å². The first kappa shape index (κ1) is 26.3. The molecule has 2 heterocycles. The molecule has 2 aromatic heterocycles. The highest BCUT2D eigenvalue weighted by molar-refractivity contribution is 5.24. The topological polar surface area (TPSA) is 183 Å². The summed E-state index contributed by atoms with van der Waals surface area (Å²) >= 11 is 0. The number of rotatable bonds is 12. The smallest absolute Gasteiger partial charge is 0.109 e. The molecule has 7 N–H and O–H groups in total. The Hall–Kier alpha value is -2.74. The van der Waals surface area contributed by atoms with E-state index in [4.69, 9.17) is 21.3 Å². The van der Waals surface area contributed by atoms with Crippen LogP contribution in [0, 0.1) is 0 Å². The zero-order valence-electron chi connectivity index (χ0n) is 20.3. The van der Waals surface area contributed by atoms with Gasteiger partial charge in [-0.3, -0.25) is 0 Å². The van der Waals surface area contributed by atoms with Crippen molar-refractivity contribution in [3.63, 3.8) is 0 Å². The lowest BCUT2D eigenvalue weighted by atomic mass is 9.85. The van der Waals surface area contributed by atoms with Gasteiger partial charge in [-0.2, -0.15) is 0 Å². The largest absolute Gasteiger partial charge is 0.396 e. The van der Waals surface area contributed by atoms with Gasteiger partial charge in [-0.1, -0.05) is 34.7 Å². The molecule has 12 heteroatoms. The van der Waals surface area contributed by atoms with Crippen LogP contribution in [0.3, 0.4) is 0 Å². The SMILES string of the molecule is N[C@@H]1C[C@H](N)[C@@H](OCCCc2cn(Cc3cccc(Cn4cc(CCCO)nn4)c3)nn2)[C@H](O)[C@H]1O. The predicted octanol–water partition coefficient (Wildman–Crippen LogP) is -1.01. The van der Waals surface area contributed by atoms with Gasteiger partial charge in [0.05, 0.1) is 30.6 Å². The minimum absolute atomic E-state index is 0.145. The summed E-state index contributed by atoms with van der Waals surface area (Å²) in [6.45, 7) is 1.74. The van der Waals surface area contributed by atoms with Crippen molar-refractivity contribution in [1.29, 1.82) is 0 Å². The highest BCUT2D eigenvalue weighted by Crippen LogP contribution is 2.21. The Morgan fingerprint density at radius 1 is 0.889 bits per heavy atom. The van der Waals surface area contributed by atoms with Crippen molar-refractivity contribution in [1.82, 2.24) is 30.0 Å². The molecule has 0 bridgehead atoms. The highest BCUT2D eigenvalue weighted by atomic mass is 16.5. The zero-order valence-corrected chi connectivity index (χ0v) is 20.3. The second-order valence-electron chi connectivity index (χ2n) is 9.45. The van der Waals surface area contributed by atoms with Crippen molar-refractivity contribution in [2.75, 3.05) is 13.2 Å². The standard InChI is InChI=1S/C24H36N8O4/c25-20-11-21(26)24(23(35)22(20)34)36-9-3-7-19-15-32(30-28-19)13-17-5-1-4-16(10-17)12-31-14-18(27-29-31)6-2-8-33/h1,4-5,10,14-15,20-24,33-35H,2-3,6-9,11-13,25-26H2/t20-,21+,22+,23-,24-/m1/s1. The molecule has 1 fully saturated rings. The molecule has 36 heavy (non-hydrogen) atoms.